The second-order valence-corrected chi connectivity index (χ2v) is 4.80. The number of benzene rings is 1. The van der Waals surface area contributed by atoms with Crippen LogP contribution in [-0.4, -0.2) is 19.3 Å². The molecule has 0 spiro atoms. The van der Waals surface area contributed by atoms with Gasteiger partial charge in [-0.25, -0.2) is 4.39 Å². The summed E-state index contributed by atoms with van der Waals surface area (Å²) < 4.78 is 24.4. The van der Waals surface area contributed by atoms with Gasteiger partial charge < -0.3 is 15.2 Å². The van der Waals surface area contributed by atoms with Crippen molar-refractivity contribution in [3.8, 4) is 5.75 Å². The molecule has 0 aromatic heterocycles. The standard InChI is InChI=1S/C13H16FNO2/c14-9-1-2-12-10(5-9)11(15)6-13(17-12)8-3-4-16-7-8/h1-2,5,8,11,13H,3-4,6-7,15H2/t8?,11-,13?/m1/s1. The highest BCUT2D eigenvalue weighted by Gasteiger charge is 2.33. The van der Waals surface area contributed by atoms with Crippen molar-refractivity contribution in [3.05, 3.63) is 29.6 Å². The highest BCUT2D eigenvalue weighted by atomic mass is 19.1. The van der Waals surface area contributed by atoms with Gasteiger partial charge in [-0.2, -0.15) is 0 Å². The van der Waals surface area contributed by atoms with Gasteiger partial charge in [0, 0.05) is 30.6 Å². The Balaban J connectivity index is 1.84. The molecule has 0 bridgehead atoms. The Kier molecular flexibility index (Phi) is 2.76. The Labute approximate surface area is 99.7 Å². The first-order chi connectivity index (χ1) is 8.24. The molecule has 2 N–H and O–H groups in total. The highest BCUT2D eigenvalue weighted by molar-refractivity contribution is 5.38. The van der Waals surface area contributed by atoms with E-state index in [0.29, 0.717) is 5.92 Å². The molecule has 2 unspecified atom stereocenters. The number of ether oxygens (including phenoxy) is 2. The van der Waals surface area contributed by atoms with Gasteiger partial charge in [0.25, 0.3) is 0 Å². The second kappa shape index (κ2) is 4.27. The van der Waals surface area contributed by atoms with E-state index in [1.165, 1.54) is 12.1 Å². The molecule has 1 aromatic carbocycles. The lowest BCUT2D eigenvalue weighted by Crippen LogP contribution is -2.35. The summed E-state index contributed by atoms with van der Waals surface area (Å²) in [7, 11) is 0. The van der Waals surface area contributed by atoms with Gasteiger partial charge in [-0.15, -0.1) is 0 Å². The van der Waals surface area contributed by atoms with Crippen LogP contribution in [0.5, 0.6) is 5.75 Å². The molecular formula is C13H16FNO2. The molecule has 2 heterocycles. The van der Waals surface area contributed by atoms with E-state index in [9.17, 15) is 4.39 Å². The van der Waals surface area contributed by atoms with Crippen LogP contribution in [0.4, 0.5) is 4.39 Å². The number of hydrogen-bond acceptors (Lipinski definition) is 3. The van der Waals surface area contributed by atoms with Crippen LogP contribution in [0, 0.1) is 11.7 Å². The molecule has 2 aliphatic heterocycles. The first-order valence-electron chi connectivity index (χ1n) is 6.03. The fourth-order valence-electron chi connectivity index (χ4n) is 2.64. The number of halogens is 1. The van der Waals surface area contributed by atoms with Crippen LogP contribution in [-0.2, 0) is 4.74 Å². The largest absolute Gasteiger partial charge is 0.490 e. The normalized spacial score (nSPS) is 32.0. The topological polar surface area (TPSA) is 44.5 Å². The first kappa shape index (κ1) is 11.0. The van der Waals surface area contributed by atoms with Gasteiger partial charge in [0.05, 0.1) is 6.61 Å². The zero-order valence-electron chi connectivity index (χ0n) is 9.56. The minimum atomic E-state index is -0.259. The zero-order valence-corrected chi connectivity index (χ0v) is 9.56. The lowest BCUT2D eigenvalue weighted by atomic mass is 9.90. The first-order valence-corrected chi connectivity index (χ1v) is 6.03. The van der Waals surface area contributed by atoms with Crippen molar-refractivity contribution in [1.29, 1.82) is 0 Å². The van der Waals surface area contributed by atoms with Gasteiger partial charge in [0.2, 0.25) is 0 Å². The van der Waals surface area contributed by atoms with Gasteiger partial charge >= 0.3 is 0 Å². The van der Waals surface area contributed by atoms with Crippen LogP contribution >= 0.6 is 0 Å². The Bertz CT molecular complexity index is 418. The molecule has 1 aromatic rings. The maximum Gasteiger partial charge on any atom is 0.124 e. The van der Waals surface area contributed by atoms with Gasteiger partial charge in [0.1, 0.15) is 17.7 Å². The third-order valence-electron chi connectivity index (χ3n) is 3.63. The quantitative estimate of drug-likeness (QED) is 0.812. The fraction of sp³-hybridized carbons (Fsp3) is 0.538. The molecule has 0 radical (unpaired) electrons. The zero-order chi connectivity index (χ0) is 11.8. The van der Waals surface area contributed by atoms with E-state index < -0.39 is 0 Å². The second-order valence-electron chi connectivity index (χ2n) is 4.80. The number of rotatable bonds is 1. The summed E-state index contributed by atoms with van der Waals surface area (Å²) >= 11 is 0. The Morgan fingerprint density at radius 1 is 1.35 bits per heavy atom. The smallest absolute Gasteiger partial charge is 0.124 e. The molecule has 0 amide bonds. The minimum Gasteiger partial charge on any atom is -0.490 e. The van der Waals surface area contributed by atoms with Crippen molar-refractivity contribution in [2.45, 2.75) is 25.0 Å². The Morgan fingerprint density at radius 2 is 2.24 bits per heavy atom. The third-order valence-corrected chi connectivity index (χ3v) is 3.63. The molecule has 0 saturated carbocycles. The van der Waals surface area contributed by atoms with Crippen molar-refractivity contribution in [2.24, 2.45) is 11.7 Å². The van der Waals surface area contributed by atoms with Crippen LogP contribution in [0.1, 0.15) is 24.4 Å². The third kappa shape index (κ3) is 2.03. The predicted octanol–water partition coefficient (Wildman–Crippen LogP) is 2.01. The molecule has 3 atom stereocenters. The van der Waals surface area contributed by atoms with Gasteiger partial charge in [-0.05, 0) is 24.6 Å². The maximum absolute atomic E-state index is 13.1. The van der Waals surface area contributed by atoms with Crippen molar-refractivity contribution in [1.82, 2.24) is 0 Å². The summed E-state index contributed by atoms with van der Waals surface area (Å²) in [6.07, 6.45) is 1.86. The van der Waals surface area contributed by atoms with E-state index in [2.05, 4.69) is 0 Å². The summed E-state index contributed by atoms with van der Waals surface area (Å²) in [5.74, 6) is 0.881. The van der Waals surface area contributed by atoms with Crippen molar-refractivity contribution in [3.63, 3.8) is 0 Å². The van der Waals surface area contributed by atoms with E-state index in [1.54, 1.807) is 6.07 Å². The average molecular weight is 237 g/mol. The molecular weight excluding hydrogens is 221 g/mol. The molecule has 1 fully saturated rings. The summed E-state index contributed by atoms with van der Waals surface area (Å²) in [4.78, 5) is 0. The van der Waals surface area contributed by atoms with Gasteiger partial charge in [-0.3, -0.25) is 0 Å². The molecule has 1 saturated heterocycles. The number of nitrogens with two attached hydrogens (primary N) is 1. The molecule has 3 nitrogen and oxygen atoms in total. The SMILES string of the molecule is N[C@@H]1CC(C2CCOC2)Oc2ccc(F)cc21. The predicted molar refractivity (Wildman–Crippen MR) is 61.3 cm³/mol. The van der Waals surface area contributed by atoms with E-state index in [1.807, 2.05) is 0 Å². The molecule has 3 rings (SSSR count). The average Bonchev–Trinajstić information content (AvgIpc) is 2.83. The number of fused-ring (bicyclic) bond motifs is 1. The Morgan fingerprint density at radius 3 is 3.00 bits per heavy atom. The Hall–Kier alpha value is -1.13. The van der Waals surface area contributed by atoms with Crippen molar-refractivity contribution >= 4 is 0 Å². The minimum absolute atomic E-state index is 0.102. The lowest BCUT2D eigenvalue weighted by Gasteiger charge is -2.33. The van der Waals surface area contributed by atoms with E-state index in [-0.39, 0.29) is 18.0 Å². The monoisotopic (exact) mass is 237 g/mol. The molecule has 0 aliphatic carbocycles. The van der Waals surface area contributed by atoms with Crippen molar-refractivity contribution < 1.29 is 13.9 Å². The van der Waals surface area contributed by atoms with Crippen LogP contribution in [0.25, 0.3) is 0 Å². The summed E-state index contributed by atoms with van der Waals surface area (Å²) in [6.45, 7) is 1.55. The van der Waals surface area contributed by atoms with Crippen LogP contribution < -0.4 is 10.5 Å². The lowest BCUT2D eigenvalue weighted by molar-refractivity contribution is 0.0853. The van der Waals surface area contributed by atoms with Crippen molar-refractivity contribution in [2.75, 3.05) is 13.2 Å². The summed E-state index contributed by atoms with van der Waals surface area (Å²) in [6, 6.07) is 4.42. The van der Waals surface area contributed by atoms with Crippen LogP contribution in [0.15, 0.2) is 18.2 Å². The maximum atomic E-state index is 13.1. The molecule has 92 valence electrons. The fourth-order valence-corrected chi connectivity index (χ4v) is 2.64. The van der Waals surface area contributed by atoms with Crippen LogP contribution in [0.3, 0.4) is 0 Å². The summed E-state index contributed by atoms with van der Waals surface area (Å²) in [5.41, 5.74) is 6.86. The molecule has 4 heteroatoms. The number of hydrogen-bond donors (Lipinski definition) is 1. The van der Waals surface area contributed by atoms with Gasteiger partial charge in [0.15, 0.2) is 0 Å². The summed E-state index contributed by atoms with van der Waals surface area (Å²) in [5, 5.41) is 0. The molecule has 17 heavy (non-hydrogen) atoms. The van der Waals surface area contributed by atoms with Gasteiger partial charge in [-0.1, -0.05) is 0 Å². The highest BCUT2D eigenvalue weighted by Crippen LogP contribution is 2.37. The van der Waals surface area contributed by atoms with E-state index in [4.69, 9.17) is 15.2 Å². The van der Waals surface area contributed by atoms with Crippen LogP contribution in [0.2, 0.25) is 0 Å². The van der Waals surface area contributed by atoms with E-state index in [0.717, 1.165) is 37.4 Å². The molecule has 2 aliphatic rings. The van der Waals surface area contributed by atoms with E-state index >= 15 is 0 Å².